The third-order valence-electron chi connectivity index (χ3n) is 5.70. The normalized spacial score (nSPS) is 21.0. The van der Waals surface area contributed by atoms with Gasteiger partial charge >= 0.3 is 0 Å². The standard InChI is InChI=1S/C21H26FN3O3S/c22-17-1-6-20-16(15-17)8-14-27-21(20)7-9-24-10-12-25(13-11-24)18-2-4-19(5-3-18)29(26)28-23/h1-6,15,21H,7-14,23H2. The van der Waals surface area contributed by atoms with E-state index in [0.29, 0.717) is 11.5 Å². The predicted molar refractivity (Wildman–Crippen MR) is 110 cm³/mol. The van der Waals surface area contributed by atoms with Crippen molar-refractivity contribution >= 4 is 16.8 Å². The fraction of sp³-hybridized carbons (Fsp3) is 0.429. The number of rotatable bonds is 6. The van der Waals surface area contributed by atoms with Crippen molar-refractivity contribution < 1.29 is 17.6 Å². The highest BCUT2D eigenvalue weighted by Gasteiger charge is 2.23. The molecular weight excluding hydrogens is 393 g/mol. The minimum atomic E-state index is -1.61. The summed E-state index contributed by atoms with van der Waals surface area (Å²) in [6, 6.07) is 12.5. The molecular formula is C21H26FN3O3S. The topological polar surface area (TPSA) is 68.0 Å². The Kier molecular flexibility index (Phi) is 6.56. The lowest BCUT2D eigenvalue weighted by molar-refractivity contribution is 0.0288. The molecule has 1 fully saturated rings. The second-order valence-corrected chi connectivity index (χ2v) is 8.53. The van der Waals surface area contributed by atoms with E-state index in [0.717, 1.165) is 62.4 Å². The number of hydrogen-bond donors (Lipinski definition) is 1. The highest BCUT2D eigenvalue weighted by molar-refractivity contribution is 7.80. The molecule has 0 aromatic heterocycles. The van der Waals surface area contributed by atoms with Crippen molar-refractivity contribution in [3.63, 3.8) is 0 Å². The van der Waals surface area contributed by atoms with Crippen LogP contribution in [0.3, 0.4) is 0 Å². The summed E-state index contributed by atoms with van der Waals surface area (Å²) in [5.41, 5.74) is 3.32. The summed E-state index contributed by atoms with van der Waals surface area (Å²) in [6.07, 6.45) is 1.75. The smallest absolute Gasteiger partial charge is 0.206 e. The molecule has 4 rings (SSSR count). The van der Waals surface area contributed by atoms with Crippen LogP contribution < -0.4 is 10.8 Å². The molecule has 0 amide bonds. The van der Waals surface area contributed by atoms with E-state index in [1.165, 1.54) is 6.07 Å². The fourth-order valence-electron chi connectivity index (χ4n) is 4.10. The lowest BCUT2D eigenvalue weighted by Crippen LogP contribution is -2.46. The summed E-state index contributed by atoms with van der Waals surface area (Å²) < 4.78 is 35.4. The Morgan fingerprint density at radius 3 is 2.62 bits per heavy atom. The highest BCUT2D eigenvalue weighted by Crippen LogP contribution is 2.30. The minimum absolute atomic E-state index is 0.0514. The largest absolute Gasteiger partial charge is 0.373 e. The zero-order valence-corrected chi connectivity index (χ0v) is 17.1. The van der Waals surface area contributed by atoms with Crippen LogP contribution in [0.4, 0.5) is 10.1 Å². The molecule has 2 aliphatic rings. The number of fused-ring (bicyclic) bond motifs is 1. The van der Waals surface area contributed by atoms with E-state index in [4.69, 9.17) is 10.6 Å². The maximum absolute atomic E-state index is 13.5. The molecule has 6 nitrogen and oxygen atoms in total. The van der Waals surface area contributed by atoms with Gasteiger partial charge in [0.1, 0.15) is 5.82 Å². The van der Waals surface area contributed by atoms with Crippen LogP contribution in [0.5, 0.6) is 0 Å². The molecule has 8 heteroatoms. The summed E-state index contributed by atoms with van der Waals surface area (Å²) in [6.45, 7) is 5.43. The van der Waals surface area contributed by atoms with E-state index in [2.05, 4.69) is 14.1 Å². The number of anilines is 1. The Hall–Kier alpha value is -1.84. The van der Waals surface area contributed by atoms with Crippen molar-refractivity contribution in [2.45, 2.75) is 23.8 Å². The quantitative estimate of drug-likeness (QED) is 0.726. The zero-order chi connectivity index (χ0) is 20.2. The summed E-state index contributed by atoms with van der Waals surface area (Å²) in [4.78, 5) is 5.33. The van der Waals surface area contributed by atoms with Crippen LogP contribution >= 0.6 is 0 Å². The first-order valence-corrected chi connectivity index (χ1v) is 11.0. The van der Waals surface area contributed by atoms with Gasteiger partial charge in [-0.25, -0.2) is 8.60 Å². The summed E-state index contributed by atoms with van der Waals surface area (Å²) in [7, 11) is 0. The lowest BCUT2D eigenvalue weighted by atomic mass is 9.95. The van der Waals surface area contributed by atoms with Crippen molar-refractivity contribution in [3.05, 3.63) is 59.4 Å². The Balaban J connectivity index is 1.28. The Morgan fingerprint density at radius 2 is 1.90 bits per heavy atom. The van der Waals surface area contributed by atoms with Gasteiger partial charge in [0.2, 0.25) is 11.1 Å². The molecule has 0 spiro atoms. The van der Waals surface area contributed by atoms with Crippen LogP contribution in [0.25, 0.3) is 0 Å². The molecule has 0 radical (unpaired) electrons. The first kappa shape index (κ1) is 20.4. The second-order valence-electron chi connectivity index (χ2n) is 7.39. The summed E-state index contributed by atoms with van der Waals surface area (Å²) >= 11 is -1.61. The molecule has 0 saturated carbocycles. The van der Waals surface area contributed by atoms with Gasteiger partial charge in [-0.1, -0.05) is 6.07 Å². The van der Waals surface area contributed by atoms with Crippen molar-refractivity contribution in [2.24, 2.45) is 5.90 Å². The molecule has 1 saturated heterocycles. The molecule has 2 aliphatic heterocycles. The van der Waals surface area contributed by atoms with Gasteiger partial charge in [-0.3, -0.25) is 4.90 Å². The van der Waals surface area contributed by atoms with Gasteiger partial charge in [0.05, 0.1) is 17.6 Å². The van der Waals surface area contributed by atoms with Gasteiger partial charge < -0.3 is 9.64 Å². The number of piperazine rings is 1. The molecule has 2 atom stereocenters. The first-order valence-electron chi connectivity index (χ1n) is 9.90. The van der Waals surface area contributed by atoms with Crippen molar-refractivity contribution in [1.29, 1.82) is 0 Å². The van der Waals surface area contributed by atoms with Crippen molar-refractivity contribution in [3.8, 4) is 0 Å². The van der Waals surface area contributed by atoms with Gasteiger partial charge in [-0.15, -0.1) is 0 Å². The van der Waals surface area contributed by atoms with Crippen LogP contribution in [-0.4, -0.2) is 48.4 Å². The van der Waals surface area contributed by atoms with E-state index in [-0.39, 0.29) is 11.9 Å². The molecule has 2 aromatic carbocycles. The van der Waals surface area contributed by atoms with Crippen LogP contribution in [0.15, 0.2) is 47.4 Å². The van der Waals surface area contributed by atoms with Gasteiger partial charge in [0.25, 0.3) is 0 Å². The van der Waals surface area contributed by atoms with Gasteiger partial charge in [0.15, 0.2) is 0 Å². The zero-order valence-electron chi connectivity index (χ0n) is 16.3. The Bertz CT molecular complexity index is 857. The molecule has 2 aromatic rings. The SMILES string of the molecule is NOS(=O)c1ccc(N2CCN(CCC3OCCc4cc(F)ccc43)CC2)cc1. The maximum atomic E-state index is 13.5. The van der Waals surface area contributed by atoms with E-state index in [1.54, 1.807) is 18.2 Å². The molecule has 156 valence electrons. The average Bonchev–Trinajstić information content (AvgIpc) is 2.77. The molecule has 0 aliphatic carbocycles. The second kappa shape index (κ2) is 9.32. The van der Waals surface area contributed by atoms with Crippen LogP contribution in [0.1, 0.15) is 23.7 Å². The number of benzene rings is 2. The Morgan fingerprint density at radius 1 is 1.14 bits per heavy atom. The maximum Gasteiger partial charge on any atom is 0.206 e. The predicted octanol–water partition coefficient (Wildman–Crippen LogP) is 2.56. The fourth-order valence-corrected chi connectivity index (χ4v) is 4.57. The van der Waals surface area contributed by atoms with E-state index >= 15 is 0 Å². The molecule has 0 bridgehead atoms. The van der Waals surface area contributed by atoms with Crippen molar-refractivity contribution in [1.82, 2.24) is 4.90 Å². The number of ether oxygens (including phenoxy) is 1. The van der Waals surface area contributed by atoms with E-state index in [9.17, 15) is 8.60 Å². The molecule has 29 heavy (non-hydrogen) atoms. The van der Waals surface area contributed by atoms with Crippen LogP contribution in [-0.2, 0) is 26.5 Å². The average molecular weight is 420 g/mol. The highest BCUT2D eigenvalue weighted by atomic mass is 32.2. The number of nitrogens with zero attached hydrogens (tertiary/aromatic N) is 2. The molecule has 2 unspecified atom stereocenters. The first-order chi connectivity index (χ1) is 14.1. The van der Waals surface area contributed by atoms with Gasteiger partial charge in [-0.2, -0.15) is 10.2 Å². The minimum Gasteiger partial charge on any atom is -0.373 e. The van der Waals surface area contributed by atoms with E-state index < -0.39 is 11.1 Å². The monoisotopic (exact) mass is 419 g/mol. The van der Waals surface area contributed by atoms with E-state index in [1.807, 2.05) is 18.2 Å². The number of halogens is 1. The third-order valence-corrected chi connectivity index (χ3v) is 6.54. The number of nitrogens with two attached hydrogens (primary N) is 1. The lowest BCUT2D eigenvalue weighted by Gasteiger charge is -2.37. The molecule has 2 heterocycles. The number of hydrogen-bond acceptors (Lipinski definition) is 6. The third kappa shape index (κ3) is 4.84. The summed E-state index contributed by atoms with van der Waals surface area (Å²) in [5, 5.41) is 0. The summed E-state index contributed by atoms with van der Waals surface area (Å²) in [5.74, 6) is 4.80. The van der Waals surface area contributed by atoms with Gasteiger partial charge in [0, 0.05) is 38.4 Å². The van der Waals surface area contributed by atoms with Crippen LogP contribution in [0, 0.1) is 5.82 Å². The van der Waals surface area contributed by atoms with Gasteiger partial charge in [-0.05, 0) is 60.4 Å². The van der Waals surface area contributed by atoms with Crippen molar-refractivity contribution in [2.75, 3.05) is 44.2 Å². The Labute approximate surface area is 173 Å². The molecule has 2 N–H and O–H groups in total. The van der Waals surface area contributed by atoms with Crippen LogP contribution in [0.2, 0.25) is 0 Å².